The topological polar surface area (TPSA) is 34.9 Å². The van der Waals surface area contributed by atoms with Crippen molar-refractivity contribution in [3.63, 3.8) is 0 Å². The van der Waals surface area contributed by atoms with E-state index in [4.69, 9.17) is 0 Å². The Bertz CT molecular complexity index is 401. The zero-order chi connectivity index (χ0) is 8.39. The molecule has 0 saturated carbocycles. The van der Waals surface area contributed by atoms with Crippen molar-refractivity contribution in [2.75, 3.05) is 0 Å². The summed E-state index contributed by atoms with van der Waals surface area (Å²) < 4.78 is 1.53. The molecule has 2 rings (SSSR count). The van der Waals surface area contributed by atoms with Crippen LogP contribution in [0.2, 0.25) is 0 Å². The maximum atomic E-state index is 11.3. The second kappa shape index (κ2) is 2.77. The molecule has 1 aliphatic rings. The summed E-state index contributed by atoms with van der Waals surface area (Å²) in [7, 11) is 0. The van der Waals surface area contributed by atoms with E-state index < -0.39 is 0 Å². The van der Waals surface area contributed by atoms with Crippen molar-refractivity contribution < 1.29 is 0 Å². The Kier molecular flexibility index (Phi) is 1.63. The van der Waals surface area contributed by atoms with Gasteiger partial charge in [-0.05, 0) is 12.5 Å². The van der Waals surface area contributed by atoms with Crippen molar-refractivity contribution in [3.05, 3.63) is 40.6 Å². The van der Waals surface area contributed by atoms with Crippen LogP contribution in [0, 0.1) is 0 Å². The molecule has 0 atom stereocenters. The monoisotopic (exact) mass is 160 g/mol. The van der Waals surface area contributed by atoms with E-state index in [9.17, 15) is 4.79 Å². The summed E-state index contributed by atoms with van der Waals surface area (Å²) in [6, 6.07) is 1.45. The SMILES string of the molecule is O=c1ccnc2n1C=CCC=C2. The number of hydrogen-bond donors (Lipinski definition) is 0. The van der Waals surface area contributed by atoms with Gasteiger partial charge in [-0.3, -0.25) is 9.36 Å². The van der Waals surface area contributed by atoms with E-state index in [-0.39, 0.29) is 5.56 Å². The lowest BCUT2D eigenvalue weighted by Crippen LogP contribution is -2.16. The first kappa shape index (κ1) is 7.03. The van der Waals surface area contributed by atoms with Gasteiger partial charge in [-0.1, -0.05) is 12.2 Å². The minimum absolute atomic E-state index is 0.0391. The molecule has 1 aromatic heterocycles. The molecular formula is C9H8N2O. The van der Waals surface area contributed by atoms with Gasteiger partial charge >= 0.3 is 0 Å². The summed E-state index contributed by atoms with van der Waals surface area (Å²) in [4.78, 5) is 15.3. The molecule has 3 heteroatoms. The van der Waals surface area contributed by atoms with E-state index in [0.29, 0.717) is 5.82 Å². The van der Waals surface area contributed by atoms with Crippen LogP contribution < -0.4 is 5.56 Å². The van der Waals surface area contributed by atoms with Crippen LogP contribution in [0.15, 0.2) is 29.2 Å². The zero-order valence-electron chi connectivity index (χ0n) is 6.47. The summed E-state index contributed by atoms with van der Waals surface area (Å²) in [6.45, 7) is 0. The molecule has 0 N–H and O–H groups in total. The Labute approximate surface area is 69.7 Å². The molecule has 0 spiro atoms. The van der Waals surface area contributed by atoms with Gasteiger partial charge in [0.15, 0.2) is 0 Å². The van der Waals surface area contributed by atoms with Crippen LogP contribution in [0.4, 0.5) is 0 Å². The summed E-state index contributed by atoms with van der Waals surface area (Å²) in [6.07, 6.45) is 9.88. The lowest BCUT2D eigenvalue weighted by atomic mass is 10.4. The number of hydrogen-bond acceptors (Lipinski definition) is 2. The standard InChI is InChI=1S/C9H8N2O/c12-9-5-6-10-8-4-2-1-3-7-11(8)9/h2-7H,1H2. The highest BCUT2D eigenvalue weighted by molar-refractivity contribution is 5.47. The summed E-state index contributed by atoms with van der Waals surface area (Å²) in [5.74, 6) is 0.691. The highest BCUT2D eigenvalue weighted by atomic mass is 16.1. The second-order valence-electron chi connectivity index (χ2n) is 2.53. The predicted octanol–water partition coefficient (Wildman–Crippen LogP) is 1.13. The molecule has 0 unspecified atom stereocenters. The lowest BCUT2D eigenvalue weighted by Gasteiger charge is -1.99. The number of nitrogens with zero attached hydrogens (tertiary/aromatic N) is 2. The summed E-state index contributed by atoms with van der Waals surface area (Å²) >= 11 is 0. The first-order chi connectivity index (χ1) is 5.88. The normalized spacial score (nSPS) is 14.0. The molecule has 0 amide bonds. The summed E-state index contributed by atoms with van der Waals surface area (Å²) in [5.41, 5.74) is -0.0391. The second-order valence-corrected chi connectivity index (χ2v) is 2.53. The van der Waals surface area contributed by atoms with Gasteiger partial charge in [0.2, 0.25) is 0 Å². The van der Waals surface area contributed by atoms with Gasteiger partial charge in [0.1, 0.15) is 5.82 Å². The molecule has 1 aliphatic heterocycles. The fourth-order valence-corrected chi connectivity index (χ4v) is 1.12. The Balaban J connectivity index is 2.73. The van der Waals surface area contributed by atoms with Gasteiger partial charge < -0.3 is 0 Å². The molecule has 0 saturated heterocycles. The third kappa shape index (κ3) is 1.09. The highest BCUT2D eigenvalue weighted by Crippen LogP contribution is 2.02. The molecule has 0 fully saturated rings. The van der Waals surface area contributed by atoms with Crippen molar-refractivity contribution in [2.24, 2.45) is 0 Å². The Morgan fingerprint density at radius 1 is 1.42 bits per heavy atom. The lowest BCUT2D eigenvalue weighted by molar-refractivity contribution is 0.967. The van der Waals surface area contributed by atoms with Gasteiger partial charge in [0, 0.05) is 18.5 Å². The van der Waals surface area contributed by atoms with Gasteiger partial charge in [0.05, 0.1) is 0 Å². The Hall–Kier alpha value is -1.64. The molecule has 60 valence electrons. The van der Waals surface area contributed by atoms with Crippen molar-refractivity contribution in [1.29, 1.82) is 0 Å². The first-order valence-electron chi connectivity index (χ1n) is 3.79. The number of rotatable bonds is 0. The van der Waals surface area contributed by atoms with Crippen LogP contribution in [-0.4, -0.2) is 9.55 Å². The van der Waals surface area contributed by atoms with Crippen LogP contribution in [-0.2, 0) is 0 Å². The average molecular weight is 160 g/mol. The molecule has 0 radical (unpaired) electrons. The van der Waals surface area contributed by atoms with Crippen LogP contribution in [0.1, 0.15) is 12.2 Å². The average Bonchev–Trinajstić information content (AvgIpc) is 2.30. The minimum atomic E-state index is -0.0391. The van der Waals surface area contributed by atoms with E-state index in [2.05, 4.69) is 4.98 Å². The molecule has 0 bridgehead atoms. The van der Waals surface area contributed by atoms with E-state index >= 15 is 0 Å². The third-order valence-corrected chi connectivity index (χ3v) is 1.70. The van der Waals surface area contributed by atoms with E-state index in [1.807, 2.05) is 18.2 Å². The zero-order valence-corrected chi connectivity index (χ0v) is 6.47. The van der Waals surface area contributed by atoms with Crippen LogP contribution in [0.25, 0.3) is 12.3 Å². The van der Waals surface area contributed by atoms with Gasteiger partial charge in [-0.25, -0.2) is 4.98 Å². The molecule has 3 nitrogen and oxygen atoms in total. The first-order valence-corrected chi connectivity index (χ1v) is 3.79. The molecule has 12 heavy (non-hydrogen) atoms. The molecular weight excluding hydrogens is 152 g/mol. The number of fused-ring (bicyclic) bond motifs is 1. The molecule has 0 aliphatic carbocycles. The molecule has 0 aromatic carbocycles. The number of allylic oxidation sites excluding steroid dienone is 2. The van der Waals surface area contributed by atoms with Crippen molar-refractivity contribution in [2.45, 2.75) is 6.42 Å². The van der Waals surface area contributed by atoms with Gasteiger partial charge in [-0.15, -0.1) is 0 Å². The van der Waals surface area contributed by atoms with Gasteiger partial charge in [0.25, 0.3) is 5.56 Å². The largest absolute Gasteiger partial charge is 0.269 e. The van der Waals surface area contributed by atoms with Gasteiger partial charge in [-0.2, -0.15) is 0 Å². The van der Waals surface area contributed by atoms with Crippen LogP contribution >= 0.6 is 0 Å². The van der Waals surface area contributed by atoms with Crippen molar-refractivity contribution in [1.82, 2.24) is 9.55 Å². The predicted molar refractivity (Wildman–Crippen MR) is 47.5 cm³/mol. The van der Waals surface area contributed by atoms with E-state index in [0.717, 1.165) is 6.42 Å². The smallest absolute Gasteiger partial charge is 0.257 e. The Morgan fingerprint density at radius 2 is 2.33 bits per heavy atom. The fraction of sp³-hybridized carbons (Fsp3) is 0.111. The molecule has 2 heterocycles. The van der Waals surface area contributed by atoms with Crippen molar-refractivity contribution >= 4 is 12.3 Å². The number of aromatic nitrogens is 2. The van der Waals surface area contributed by atoms with E-state index in [1.54, 1.807) is 6.20 Å². The fourth-order valence-electron chi connectivity index (χ4n) is 1.12. The third-order valence-electron chi connectivity index (χ3n) is 1.70. The maximum Gasteiger partial charge on any atom is 0.257 e. The van der Waals surface area contributed by atoms with Crippen LogP contribution in [0.3, 0.4) is 0 Å². The van der Waals surface area contributed by atoms with Crippen LogP contribution in [0.5, 0.6) is 0 Å². The maximum absolute atomic E-state index is 11.3. The highest BCUT2D eigenvalue weighted by Gasteiger charge is 1.99. The van der Waals surface area contributed by atoms with Crippen molar-refractivity contribution in [3.8, 4) is 0 Å². The quantitative estimate of drug-likeness (QED) is 0.570. The Morgan fingerprint density at radius 3 is 3.25 bits per heavy atom. The minimum Gasteiger partial charge on any atom is -0.269 e. The summed E-state index contributed by atoms with van der Waals surface area (Å²) in [5, 5.41) is 0. The molecule has 1 aromatic rings. The van der Waals surface area contributed by atoms with E-state index in [1.165, 1.54) is 16.8 Å².